The molecule has 8 nitrogen and oxygen atoms in total. The van der Waals surface area contributed by atoms with Gasteiger partial charge in [-0.1, -0.05) is 12.1 Å². The summed E-state index contributed by atoms with van der Waals surface area (Å²) in [5.74, 6) is -0.533. The van der Waals surface area contributed by atoms with Crippen LogP contribution in [0.2, 0.25) is 0 Å². The first kappa shape index (κ1) is 23.8. The van der Waals surface area contributed by atoms with Gasteiger partial charge in [0.15, 0.2) is 11.6 Å². The molecular weight excluding hydrogens is 439 g/mol. The Balaban J connectivity index is 1.39. The van der Waals surface area contributed by atoms with Crippen LogP contribution in [0.4, 0.5) is 15.0 Å². The van der Waals surface area contributed by atoms with Gasteiger partial charge < -0.3 is 25.0 Å². The largest absolute Gasteiger partial charge is 0.491 e. The van der Waals surface area contributed by atoms with Gasteiger partial charge in [-0.25, -0.2) is 14.2 Å². The minimum atomic E-state index is -1.04. The van der Waals surface area contributed by atoms with E-state index in [-0.39, 0.29) is 18.2 Å². The van der Waals surface area contributed by atoms with Gasteiger partial charge in [-0.05, 0) is 61.9 Å². The van der Waals surface area contributed by atoms with Crippen LogP contribution in [0.5, 0.6) is 5.75 Å². The maximum absolute atomic E-state index is 14.4. The van der Waals surface area contributed by atoms with Gasteiger partial charge in [0.1, 0.15) is 5.82 Å². The van der Waals surface area contributed by atoms with E-state index in [1.807, 2.05) is 6.07 Å². The SMILES string of the molecule is CCOc1ccc(C(CC(=O)O)N2CCN(CCCc3ccc4c(n3)NCCC4)C2=O)cc1F. The maximum atomic E-state index is 14.4. The Hall–Kier alpha value is -3.36. The molecule has 0 radical (unpaired) electrons. The first-order chi connectivity index (χ1) is 16.5. The molecule has 0 aliphatic carbocycles. The minimum absolute atomic E-state index is 0.112. The molecule has 182 valence electrons. The van der Waals surface area contributed by atoms with Crippen molar-refractivity contribution in [2.24, 2.45) is 0 Å². The van der Waals surface area contributed by atoms with Crippen LogP contribution in [0, 0.1) is 5.82 Å². The number of rotatable bonds is 10. The molecule has 2 N–H and O–H groups in total. The Bertz CT molecular complexity index is 1050. The second-order valence-electron chi connectivity index (χ2n) is 8.64. The minimum Gasteiger partial charge on any atom is -0.491 e. The summed E-state index contributed by atoms with van der Waals surface area (Å²) in [6.07, 6.45) is 3.38. The molecule has 2 aliphatic rings. The number of carbonyl (C=O) groups is 2. The van der Waals surface area contributed by atoms with Crippen molar-refractivity contribution in [2.45, 2.75) is 45.1 Å². The van der Waals surface area contributed by atoms with Crippen LogP contribution in [0.25, 0.3) is 0 Å². The van der Waals surface area contributed by atoms with Gasteiger partial charge in [0.05, 0.1) is 19.1 Å². The van der Waals surface area contributed by atoms with Crippen LogP contribution in [0.1, 0.15) is 49.0 Å². The fourth-order valence-corrected chi connectivity index (χ4v) is 4.63. The highest BCUT2D eigenvalue weighted by molar-refractivity contribution is 5.78. The summed E-state index contributed by atoms with van der Waals surface area (Å²) in [5.41, 5.74) is 2.69. The zero-order valence-electron chi connectivity index (χ0n) is 19.4. The summed E-state index contributed by atoms with van der Waals surface area (Å²) in [7, 11) is 0. The highest BCUT2D eigenvalue weighted by Crippen LogP contribution is 2.31. The number of carboxylic acid groups (broad SMARTS) is 1. The summed E-state index contributed by atoms with van der Waals surface area (Å²) < 4.78 is 19.7. The van der Waals surface area contributed by atoms with Gasteiger partial charge in [0.25, 0.3) is 0 Å². The number of amides is 2. The second-order valence-corrected chi connectivity index (χ2v) is 8.64. The third-order valence-corrected chi connectivity index (χ3v) is 6.32. The lowest BCUT2D eigenvalue weighted by atomic mass is 10.0. The van der Waals surface area contributed by atoms with E-state index < -0.39 is 17.8 Å². The highest BCUT2D eigenvalue weighted by atomic mass is 19.1. The molecule has 1 aromatic heterocycles. The lowest BCUT2D eigenvalue weighted by Crippen LogP contribution is -2.36. The van der Waals surface area contributed by atoms with Gasteiger partial charge in [0.2, 0.25) is 0 Å². The number of halogens is 1. The molecule has 9 heteroatoms. The standard InChI is InChI=1S/C25H31FN4O4/c1-2-34-22-10-8-18(15-20(22)26)21(16-23(31)32)30-14-13-29(25(30)33)12-4-6-19-9-7-17-5-3-11-27-24(17)28-19/h7-10,15,21H,2-6,11-14,16H2,1H3,(H,27,28)(H,31,32). The van der Waals surface area contributed by atoms with E-state index in [0.717, 1.165) is 43.7 Å². The van der Waals surface area contributed by atoms with Crippen molar-refractivity contribution in [3.8, 4) is 5.75 Å². The van der Waals surface area contributed by atoms with E-state index in [2.05, 4.69) is 11.4 Å². The van der Waals surface area contributed by atoms with Crippen LogP contribution in [0.15, 0.2) is 30.3 Å². The molecule has 3 heterocycles. The zero-order valence-corrected chi connectivity index (χ0v) is 19.4. The number of pyridine rings is 1. The third-order valence-electron chi connectivity index (χ3n) is 6.32. The monoisotopic (exact) mass is 470 g/mol. The number of nitrogens with one attached hydrogen (secondary N) is 1. The van der Waals surface area contributed by atoms with E-state index in [9.17, 15) is 19.1 Å². The number of benzene rings is 1. The number of anilines is 1. The number of aliphatic carboxylic acids is 1. The predicted octanol–water partition coefficient (Wildman–Crippen LogP) is 3.86. The Morgan fingerprint density at radius 2 is 2.15 bits per heavy atom. The first-order valence-electron chi connectivity index (χ1n) is 11.9. The van der Waals surface area contributed by atoms with Crippen molar-refractivity contribution in [2.75, 3.05) is 38.1 Å². The number of nitrogens with zero attached hydrogens (tertiary/aromatic N) is 3. The van der Waals surface area contributed by atoms with Gasteiger partial charge >= 0.3 is 12.0 Å². The molecule has 2 aliphatic heterocycles. The lowest BCUT2D eigenvalue weighted by molar-refractivity contribution is -0.138. The fourth-order valence-electron chi connectivity index (χ4n) is 4.63. The smallest absolute Gasteiger partial charge is 0.320 e. The number of aryl methyl sites for hydroxylation is 2. The summed E-state index contributed by atoms with van der Waals surface area (Å²) in [6.45, 7) is 4.49. The molecule has 34 heavy (non-hydrogen) atoms. The van der Waals surface area contributed by atoms with Gasteiger partial charge in [0, 0.05) is 31.9 Å². The molecule has 1 atom stereocenters. The first-order valence-corrected chi connectivity index (χ1v) is 11.9. The lowest BCUT2D eigenvalue weighted by Gasteiger charge is -2.27. The number of urea groups is 1. The van der Waals surface area contributed by atoms with Crippen LogP contribution in [0.3, 0.4) is 0 Å². The molecule has 0 spiro atoms. The number of carboxylic acids is 1. The molecule has 0 bridgehead atoms. The number of fused-ring (bicyclic) bond motifs is 1. The Kier molecular flexibility index (Phi) is 7.49. The van der Waals surface area contributed by atoms with Crippen LogP contribution >= 0.6 is 0 Å². The van der Waals surface area contributed by atoms with Crippen LogP contribution in [-0.2, 0) is 17.6 Å². The van der Waals surface area contributed by atoms with Crippen molar-refractivity contribution in [3.05, 3.63) is 53.0 Å². The molecule has 1 fully saturated rings. The Morgan fingerprint density at radius 1 is 1.29 bits per heavy atom. The van der Waals surface area contributed by atoms with Crippen molar-refractivity contribution in [1.82, 2.24) is 14.8 Å². The zero-order chi connectivity index (χ0) is 24.1. The van der Waals surface area contributed by atoms with Crippen molar-refractivity contribution in [1.29, 1.82) is 0 Å². The quantitative estimate of drug-likeness (QED) is 0.548. The third kappa shape index (κ3) is 5.40. The second kappa shape index (κ2) is 10.7. The maximum Gasteiger partial charge on any atom is 0.320 e. The number of aromatic nitrogens is 1. The molecule has 1 aromatic carbocycles. The molecular formula is C25H31FN4O4. The van der Waals surface area contributed by atoms with Crippen LogP contribution in [-0.4, -0.2) is 64.7 Å². The van der Waals surface area contributed by atoms with Crippen molar-refractivity contribution >= 4 is 17.8 Å². The fraction of sp³-hybridized carbons (Fsp3) is 0.480. The van der Waals surface area contributed by atoms with E-state index in [4.69, 9.17) is 9.72 Å². The molecule has 0 saturated carbocycles. The van der Waals surface area contributed by atoms with Crippen molar-refractivity contribution < 1.29 is 23.8 Å². The number of carbonyl (C=O) groups excluding carboxylic acids is 1. The summed E-state index contributed by atoms with van der Waals surface area (Å²) >= 11 is 0. The number of ether oxygens (including phenoxy) is 1. The van der Waals surface area contributed by atoms with Gasteiger partial charge in [-0.3, -0.25) is 4.79 Å². The number of hydrogen-bond donors (Lipinski definition) is 2. The topological polar surface area (TPSA) is 95.0 Å². The van der Waals surface area contributed by atoms with Gasteiger partial charge in [-0.2, -0.15) is 0 Å². The molecule has 1 saturated heterocycles. The average Bonchev–Trinajstić information content (AvgIpc) is 3.18. The normalized spacial score (nSPS) is 16.2. The van der Waals surface area contributed by atoms with Gasteiger partial charge in [-0.15, -0.1) is 0 Å². The number of hydrogen-bond acceptors (Lipinski definition) is 5. The van der Waals surface area contributed by atoms with E-state index in [1.165, 1.54) is 22.6 Å². The predicted molar refractivity (Wildman–Crippen MR) is 126 cm³/mol. The average molecular weight is 471 g/mol. The van der Waals surface area contributed by atoms with Crippen molar-refractivity contribution in [3.63, 3.8) is 0 Å². The van der Waals surface area contributed by atoms with E-state index in [0.29, 0.717) is 31.8 Å². The highest BCUT2D eigenvalue weighted by Gasteiger charge is 2.35. The Labute approximate surface area is 198 Å². The molecule has 4 rings (SSSR count). The molecule has 1 unspecified atom stereocenters. The van der Waals surface area contributed by atoms with Crippen LogP contribution < -0.4 is 10.1 Å². The Morgan fingerprint density at radius 3 is 2.91 bits per heavy atom. The summed E-state index contributed by atoms with van der Waals surface area (Å²) in [5, 5.41) is 12.8. The van der Waals surface area contributed by atoms with E-state index in [1.54, 1.807) is 17.9 Å². The summed E-state index contributed by atoms with van der Waals surface area (Å²) in [6, 6.07) is 7.60. The molecule has 2 aromatic rings. The van der Waals surface area contributed by atoms with E-state index >= 15 is 0 Å². The summed E-state index contributed by atoms with van der Waals surface area (Å²) in [4.78, 5) is 32.6. The molecule has 2 amide bonds.